The molecule has 0 unspecified atom stereocenters. The quantitative estimate of drug-likeness (QED) is 0.851. The molecule has 0 spiro atoms. The van der Waals surface area contributed by atoms with Gasteiger partial charge in [-0.25, -0.2) is 4.98 Å². The second-order valence-electron chi connectivity index (χ2n) is 6.05. The van der Waals surface area contributed by atoms with Gasteiger partial charge in [0.2, 0.25) is 0 Å². The Labute approximate surface area is 122 Å². The Kier molecular flexibility index (Phi) is 3.66. The highest BCUT2D eigenvalue weighted by Crippen LogP contribution is 2.37. The van der Waals surface area contributed by atoms with E-state index in [2.05, 4.69) is 44.8 Å². The Hall–Kier alpha value is -1.01. The average molecular weight is 296 g/mol. The molecule has 4 nitrogen and oxygen atoms in total. The molecule has 0 saturated heterocycles. The standard InChI is InChI=1S/C13H20N4S2/c1-7(2)8-9(10-15-16-12(18)17(10)6)19-11(14-8)13(3,4)5/h7H,1-6H3,(H,16,18). The molecule has 2 rings (SSSR count). The van der Waals surface area contributed by atoms with Crippen LogP contribution < -0.4 is 0 Å². The van der Waals surface area contributed by atoms with Gasteiger partial charge < -0.3 is 4.57 Å². The Morgan fingerprint density at radius 3 is 2.37 bits per heavy atom. The fourth-order valence-corrected chi connectivity index (χ4v) is 3.19. The van der Waals surface area contributed by atoms with Crippen molar-refractivity contribution < 1.29 is 0 Å². The van der Waals surface area contributed by atoms with Crippen LogP contribution in [0.4, 0.5) is 0 Å². The summed E-state index contributed by atoms with van der Waals surface area (Å²) in [4.78, 5) is 5.95. The third-order valence-electron chi connectivity index (χ3n) is 2.92. The molecule has 0 radical (unpaired) electrons. The minimum absolute atomic E-state index is 0.0538. The summed E-state index contributed by atoms with van der Waals surface area (Å²) >= 11 is 6.91. The zero-order valence-electron chi connectivity index (χ0n) is 12.2. The van der Waals surface area contributed by atoms with Gasteiger partial charge in [-0.1, -0.05) is 34.6 Å². The van der Waals surface area contributed by atoms with Crippen LogP contribution in [0, 0.1) is 4.77 Å². The SMILES string of the molecule is CC(C)c1nc(C(C)(C)C)sc1-c1n[nH]c(=S)n1C. The number of hydrogen-bond donors (Lipinski definition) is 1. The van der Waals surface area contributed by atoms with Crippen molar-refractivity contribution in [3.63, 3.8) is 0 Å². The van der Waals surface area contributed by atoms with Crippen molar-refractivity contribution in [2.45, 2.75) is 46.0 Å². The number of aromatic amines is 1. The van der Waals surface area contributed by atoms with Gasteiger partial charge in [0, 0.05) is 12.5 Å². The van der Waals surface area contributed by atoms with Crippen molar-refractivity contribution in [3.8, 4) is 10.7 Å². The van der Waals surface area contributed by atoms with Crippen LogP contribution in [0.5, 0.6) is 0 Å². The second-order valence-corrected chi connectivity index (χ2v) is 7.44. The molecule has 1 N–H and O–H groups in total. The van der Waals surface area contributed by atoms with Crippen molar-refractivity contribution in [2.24, 2.45) is 7.05 Å². The number of nitrogens with one attached hydrogen (secondary N) is 1. The molecule has 0 aliphatic heterocycles. The van der Waals surface area contributed by atoms with Gasteiger partial charge in [-0.3, -0.25) is 5.10 Å². The van der Waals surface area contributed by atoms with Gasteiger partial charge in [0.25, 0.3) is 0 Å². The molecule has 0 atom stereocenters. The van der Waals surface area contributed by atoms with E-state index in [4.69, 9.17) is 17.2 Å². The predicted octanol–water partition coefficient (Wildman–Crippen LogP) is 4.02. The third-order valence-corrected chi connectivity index (χ3v) is 4.78. The fraction of sp³-hybridized carbons (Fsp3) is 0.615. The lowest BCUT2D eigenvalue weighted by Crippen LogP contribution is -2.10. The van der Waals surface area contributed by atoms with Gasteiger partial charge in [0.05, 0.1) is 15.6 Å². The Morgan fingerprint density at radius 1 is 1.32 bits per heavy atom. The van der Waals surface area contributed by atoms with Gasteiger partial charge in [0.1, 0.15) is 0 Å². The lowest BCUT2D eigenvalue weighted by atomic mass is 9.98. The molecule has 0 fully saturated rings. The molecule has 0 aliphatic rings. The van der Waals surface area contributed by atoms with Crippen molar-refractivity contribution >= 4 is 23.6 Å². The Balaban J connectivity index is 2.65. The van der Waals surface area contributed by atoms with Crippen LogP contribution in [0.1, 0.15) is 51.2 Å². The van der Waals surface area contributed by atoms with Gasteiger partial charge in [0.15, 0.2) is 10.6 Å². The van der Waals surface area contributed by atoms with Crippen LogP contribution >= 0.6 is 23.6 Å². The van der Waals surface area contributed by atoms with E-state index in [9.17, 15) is 0 Å². The maximum Gasteiger partial charge on any atom is 0.195 e. The first-order valence-electron chi connectivity index (χ1n) is 6.34. The van der Waals surface area contributed by atoms with Crippen molar-refractivity contribution in [3.05, 3.63) is 15.5 Å². The number of hydrogen-bond acceptors (Lipinski definition) is 4. The molecule has 0 aliphatic carbocycles. The second kappa shape index (κ2) is 4.83. The number of aromatic nitrogens is 4. The summed E-state index contributed by atoms with van der Waals surface area (Å²) in [6, 6.07) is 0. The van der Waals surface area contributed by atoms with E-state index < -0.39 is 0 Å². The average Bonchev–Trinajstić information content (AvgIpc) is 2.84. The molecule has 0 bridgehead atoms. The first-order chi connectivity index (χ1) is 8.71. The zero-order valence-corrected chi connectivity index (χ0v) is 13.9. The van der Waals surface area contributed by atoms with E-state index in [1.165, 1.54) is 0 Å². The summed E-state index contributed by atoms with van der Waals surface area (Å²) in [6.07, 6.45) is 0. The summed E-state index contributed by atoms with van der Waals surface area (Å²) in [5.74, 6) is 1.24. The van der Waals surface area contributed by atoms with Crippen LogP contribution in [0.2, 0.25) is 0 Å². The molecular weight excluding hydrogens is 276 g/mol. The number of H-pyrrole nitrogens is 1. The van der Waals surface area contributed by atoms with Crippen molar-refractivity contribution in [1.82, 2.24) is 19.7 Å². The van der Waals surface area contributed by atoms with E-state index in [-0.39, 0.29) is 5.41 Å². The topological polar surface area (TPSA) is 46.5 Å². The van der Waals surface area contributed by atoms with E-state index >= 15 is 0 Å². The summed E-state index contributed by atoms with van der Waals surface area (Å²) in [6.45, 7) is 10.9. The third kappa shape index (κ3) is 2.65. The minimum atomic E-state index is 0.0538. The molecule has 0 saturated carbocycles. The van der Waals surface area contributed by atoms with Gasteiger partial charge in [-0.05, 0) is 18.1 Å². The first kappa shape index (κ1) is 14.4. The zero-order chi connectivity index (χ0) is 14.4. The molecule has 6 heteroatoms. The monoisotopic (exact) mass is 296 g/mol. The minimum Gasteiger partial charge on any atom is -0.303 e. The maximum absolute atomic E-state index is 5.19. The molecule has 0 amide bonds. The van der Waals surface area contributed by atoms with Crippen LogP contribution in [0.3, 0.4) is 0 Å². The Morgan fingerprint density at radius 2 is 1.95 bits per heavy atom. The van der Waals surface area contributed by atoms with Crippen LogP contribution in [0.15, 0.2) is 0 Å². The summed E-state index contributed by atoms with van der Waals surface area (Å²) in [5.41, 5.74) is 1.16. The Bertz CT molecular complexity index is 640. The smallest absolute Gasteiger partial charge is 0.195 e. The molecular formula is C13H20N4S2. The lowest BCUT2D eigenvalue weighted by molar-refractivity contribution is 0.581. The molecule has 2 heterocycles. The summed E-state index contributed by atoms with van der Waals surface area (Å²) in [5, 5.41) is 8.32. The van der Waals surface area contributed by atoms with Crippen LogP contribution in [-0.4, -0.2) is 19.7 Å². The number of nitrogens with zero attached hydrogens (tertiary/aromatic N) is 3. The van der Waals surface area contributed by atoms with E-state index in [0.717, 1.165) is 21.4 Å². The van der Waals surface area contributed by atoms with Gasteiger partial charge in [-0.2, -0.15) is 5.10 Å². The fourth-order valence-electron chi connectivity index (χ4n) is 1.75. The number of rotatable bonds is 2. The van der Waals surface area contributed by atoms with E-state index in [1.54, 1.807) is 11.3 Å². The highest BCUT2D eigenvalue weighted by atomic mass is 32.1. The normalized spacial score (nSPS) is 12.4. The molecule has 2 aromatic rings. The van der Waals surface area contributed by atoms with Crippen molar-refractivity contribution in [1.29, 1.82) is 0 Å². The summed E-state index contributed by atoms with van der Waals surface area (Å²) < 4.78 is 2.54. The maximum atomic E-state index is 5.19. The predicted molar refractivity (Wildman–Crippen MR) is 82.3 cm³/mol. The largest absolute Gasteiger partial charge is 0.303 e. The molecule has 104 valence electrons. The van der Waals surface area contributed by atoms with Gasteiger partial charge >= 0.3 is 0 Å². The first-order valence-corrected chi connectivity index (χ1v) is 7.57. The molecule has 0 aromatic carbocycles. The van der Waals surface area contributed by atoms with Crippen molar-refractivity contribution in [2.75, 3.05) is 0 Å². The summed E-state index contributed by atoms with van der Waals surface area (Å²) in [7, 11) is 1.93. The van der Waals surface area contributed by atoms with Crippen LogP contribution in [0.25, 0.3) is 10.7 Å². The molecule has 19 heavy (non-hydrogen) atoms. The molecule has 2 aromatic heterocycles. The highest BCUT2D eigenvalue weighted by Gasteiger charge is 2.25. The number of thiazole rings is 1. The highest BCUT2D eigenvalue weighted by molar-refractivity contribution is 7.71. The lowest BCUT2D eigenvalue weighted by Gasteiger charge is -2.13. The van der Waals surface area contributed by atoms with Gasteiger partial charge in [-0.15, -0.1) is 11.3 Å². The van der Waals surface area contributed by atoms with Crippen LogP contribution in [-0.2, 0) is 12.5 Å². The van der Waals surface area contributed by atoms with E-state index in [0.29, 0.717) is 10.7 Å². The van der Waals surface area contributed by atoms with E-state index in [1.807, 2.05) is 11.6 Å².